The summed E-state index contributed by atoms with van der Waals surface area (Å²) in [7, 11) is 0. The molecule has 4 nitrogen and oxygen atoms in total. The summed E-state index contributed by atoms with van der Waals surface area (Å²) in [4.78, 5) is 12.2. The van der Waals surface area contributed by atoms with Gasteiger partial charge in [-0.15, -0.1) is 0 Å². The number of hydrogen-bond donors (Lipinski definition) is 0. The first kappa shape index (κ1) is 16.1. The zero-order valence-corrected chi connectivity index (χ0v) is 14.2. The van der Waals surface area contributed by atoms with E-state index >= 15 is 0 Å². The van der Waals surface area contributed by atoms with Gasteiger partial charge in [-0.2, -0.15) is 5.10 Å². The summed E-state index contributed by atoms with van der Waals surface area (Å²) in [6.45, 7) is 0.267. The Labute approximate surface area is 151 Å². The van der Waals surface area contributed by atoms with Crippen molar-refractivity contribution in [2.45, 2.75) is 13.0 Å². The van der Waals surface area contributed by atoms with E-state index in [0.717, 1.165) is 27.6 Å². The summed E-state index contributed by atoms with van der Waals surface area (Å²) in [5, 5.41) is 6.42. The van der Waals surface area contributed by atoms with Crippen LogP contribution in [0.3, 0.4) is 0 Å². The fourth-order valence-corrected chi connectivity index (χ4v) is 2.98. The Kier molecular flexibility index (Phi) is 4.48. The van der Waals surface area contributed by atoms with Crippen LogP contribution in [0.5, 0.6) is 0 Å². The molecule has 3 aromatic carbocycles. The van der Waals surface area contributed by atoms with Gasteiger partial charge in [-0.05, 0) is 40.1 Å². The van der Waals surface area contributed by atoms with E-state index in [1.54, 1.807) is 10.9 Å². The van der Waals surface area contributed by atoms with Gasteiger partial charge in [-0.1, -0.05) is 54.6 Å². The van der Waals surface area contributed by atoms with Crippen LogP contribution >= 0.6 is 0 Å². The predicted octanol–water partition coefficient (Wildman–Crippen LogP) is 4.31. The molecular formula is C22H18N2O2. The summed E-state index contributed by atoms with van der Waals surface area (Å²) in [5.41, 5.74) is 2.91. The second-order valence-electron chi connectivity index (χ2n) is 6.09. The van der Waals surface area contributed by atoms with E-state index in [1.807, 2.05) is 79.0 Å². The molecule has 0 unspecified atom stereocenters. The average Bonchev–Trinajstić information content (AvgIpc) is 3.22. The number of esters is 1. The lowest BCUT2D eigenvalue weighted by Crippen LogP contribution is -2.08. The van der Waals surface area contributed by atoms with Gasteiger partial charge in [0, 0.05) is 12.4 Å². The molecule has 0 saturated heterocycles. The van der Waals surface area contributed by atoms with Gasteiger partial charge in [-0.25, -0.2) is 4.68 Å². The van der Waals surface area contributed by atoms with Crippen molar-refractivity contribution < 1.29 is 9.53 Å². The fraction of sp³-hybridized carbons (Fsp3) is 0.0909. The quantitative estimate of drug-likeness (QED) is 0.508. The van der Waals surface area contributed by atoms with E-state index in [9.17, 15) is 4.79 Å². The van der Waals surface area contributed by atoms with E-state index in [1.165, 1.54) is 0 Å². The molecule has 0 spiro atoms. The van der Waals surface area contributed by atoms with E-state index in [-0.39, 0.29) is 19.0 Å². The van der Waals surface area contributed by atoms with Crippen molar-refractivity contribution in [2.24, 2.45) is 0 Å². The third-order valence-corrected chi connectivity index (χ3v) is 4.32. The SMILES string of the molecule is O=C(Cc1cccc2ccccc12)OCc1ccc(-n2cccn2)cc1. The van der Waals surface area contributed by atoms with Crippen molar-refractivity contribution in [2.75, 3.05) is 0 Å². The number of carbonyl (C=O) groups is 1. The fourth-order valence-electron chi connectivity index (χ4n) is 2.98. The van der Waals surface area contributed by atoms with Crippen molar-refractivity contribution in [3.8, 4) is 5.69 Å². The molecule has 0 saturated carbocycles. The Bertz CT molecular complexity index is 1020. The Balaban J connectivity index is 1.39. The molecule has 0 amide bonds. The van der Waals surface area contributed by atoms with E-state index < -0.39 is 0 Å². The zero-order chi connectivity index (χ0) is 17.8. The number of rotatable bonds is 5. The van der Waals surface area contributed by atoms with E-state index in [0.29, 0.717) is 0 Å². The number of fused-ring (bicyclic) bond motifs is 1. The van der Waals surface area contributed by atoms with Crippen molar-refractivity contribution in [3.63, 3.8) is 0 Å². The number of aromatic nitrogens is 2. The van der Waals surface area contributed by atoms with Crippen LogP contribution in [0.15, 0.2) is 85.2 Å². The Morgan fingerprint density at radius 1 is 0.923 bits per heavy atom. The molecule has 0 aliphatic heterocycles. The molecule has 0 radical (unpaired) electrons. The van der Waals surface area contributed by atoms with Gasteiger partial charge in [0.05, 0.1) is 12.1 Å². The summed E-state index contributed by atoms with van der Waals surface area (Å²) < 4.78 is 7.24. The standard InChI is InChI=1S/C22H18N2O2/c25-22(15-19-7-3-6-18-5-1-2-8-21(18)19)26-16-17-9-11-20(12-10-17)24-14-4-13-23-24/h1-14H,15-16H2. The number of hydrogen-bond acceptors (Lipinski definition) is 3. The molecule has 1 aromatic heterocycles. The lowest BCUT2D eigenvalue weighted by atomic mass is 10.0. The summed E-state index contributed by atoms with van der Waals surface area (Å²) in [6, 6.07) is 23.7. The molecule has 0 N–H and O–H groups in total. The minimum absolute atomic E-state index is 0.225. The molecule has 1 heterocycles. The summed E-state index contributed by atoms with van der Waals surface area (Å²) in [5.74, 6) is -0.225. The predicted molar refractivity (Wildman–Crippen MR) is 101 cm³/mol. The molecule has 4 heteroatoms. The highest BCUT2D eigenvalue weighted by atomic mass is 16.5. The molecule has 0 aliphatic carbocycles. The minimum Gasteiger partial charge on any atom is -0.461 e. The smallest absolute Gasteiger partial charge is 0.310 e. The third kappa shape index (κ3) is 3.49. The number of ether oxygens (including phenoxy) is 1. The highest BCUT2D eigenvalue weighted by Gasteiger charge is 2.08. The molecule has 0 fully saturated rings. The molecule has 0 aliphatic rings. The van der Waals surface area contributed by atoms with Gasteiger partial charge in [0.15, 0.2) is 0 Å². The molecule has 0 atom stereocenters. The van der Waals surface area contributed by atoms with Gasteiger partial charge in [-0.3, -0.25) is 4.79 Å². The monoisotopic (exact) mass is 342 g/mol. The zero-order valence-electron chi connectivity index (χ0n) is 14.2. The Morgan fingerprint density at radius 3 is 2.54 bits per heavy atom. The van der Waals surface area contributed by atoms with Gasteiger partial charge in [0.25, 0.3) is 0 Å². The number of carbonyl (C=O) groups excluding carboxylic acids is 1. The topological polar surface area (TPSA) is 44.1 Å². The van der Waals surface area contributed by atoms with Crippen molar-refractivity contribution in [3.05, 3.63) is 96.3 Å². The Hall–Kier alpha value is -3.40. The maximum atomic E-state index is 12.2. The van der Waals surface area contributed by atoms with Crippen LogP contribution in [0.4, 0.5) is 0 Å². The lowest BCUT2D eigenvalue weighted by Gasteiger charge is -2.08. The molecule has 4 aromatic rings. The van der Waals surface area contributed by atoms with Gasteiger partial charge in [0.2, 0.25) is 0 Å². The van der Waals surface area contributed by atoms with Crippen LogP contribution in [0.2, 0.25) is 0 Å². The maximum absolute atomic E-state index is 12.2. The van der Waals surface area contributed by atoms with Crippen LogP contribution in [0.1, 0.15) is 11.1 Å². The second kappa shape index (κ2) is 7.23. The van der Waals surface area contributed by atoms with Crippen LogP contribution in [0, 0.1) is 0 Å². The highest BCUT2D eigenvalue weighted by Crippen LogP contribution is 2.19. The van der Waals surface area contributed by atoms with Crippen molar-refractivity contribution in [1.82, 2.24) is 9.78 Å². The van der Waals surface area contributed by atoms with Crippen molar-refractivity contribution >= 4 is 16.7 Å². The van der Waals surface area contributed by atoms with Crippen LogP contribution in [0.25, 0.3) is 16.5 Å². The van der Waals surface area contributed by atoms with Gasteiger partial charge >= 0.3 is 5.97 Å². The van der Waals surface area contributed by atoms with Gasteiger partial charge < -0.3 is 4.74 Å². The first-order chi connectivity index (χ1) is 12.8. The first-order valence-corrected chi connectivity index (χ1v) is 8.51. The largest absolute Gasteiger partial charge is 0.461 e. The summed E-state index contributed by atoms with van der Waals surface area (Å²) in [6.07, 6.45) is 3.90. The Morgan fingerprint density at radius 2 is 1.73 bits per heavy atom. The second-order valence-corrected chi connectivity index (χ2v) is 6.09. The molecule has 26 heavy (non-hydrogen) atoms. The molecule has 0 bridgehead atoms. The summed E-state index contributed by atoms with van der Waals surface area (Å²) >= 11 is 0. The van der Waals surface area contributed by atoms with Crippen LogP contribution in [-0.2, 0) is 22.6 Å². The van der Waals surface area contributed by atoms with Gasteiger partial charge in [0.1, 0.15) is 6.61 Å². The van der Waals surface area contributed by atoms with Crippen LogP contribution in [-0.4, -0.2) is 15.7 Å². The molecule has 4 rings (SSSR count). The van der Waals surface area contributed by atoms with Crippen molar-refractivity contribution in [1.29, 1.82) is 0 Å². The third-order valence-electron chi connectivity index (χ3n) is 4.32. The minimum atomic E-state index is -0.225. The number of nitrogens with zero attached hydrogens (tertiary/aromatic N) is 2. The molecule has 128 valence electrons. The lowest BCUT2D eigenvalue weighted by molar-refractivity contribution is -0.144. The molecular weight excluding hydrogens is 324 g/mol. The van der Waals surface area contributed by atoms with E-state index in [2.05, 4.69) is 5.10 Å². The number of benzene rings is 3. The van der Waals surface area contributed by atoms with Crippen LogP contribution < -0.4 is 0 Å². The van der Waals surface area contributed by atoms with E-state index in [4.69, 9.17) is 4.74 Å². The maximum Gasteiger partial charge on any atom is 0.310 e. The first-order valence-electron chi connectivity index (χ1n) is 8.51. The highest BCUT2D eigenvalue weighted by molar-refractivity contribution is 5.88. The normalized spacial score (nSPS) is 10.8. The average molecular weight is 342 g/mol.